The summed E-state index contributed by atoms with van der Waals surface area (Å²) in [4.78, 5) is 0. The van der Waals surface area contributed by atoms with Crippen molar-refractivity contribution in [2.45, 2.75) is 38.8 Å². The normalized spacial score (nSPS) is 23.0. The Kier molecular flexibility index (Phi) is 4.30. The lowest BCUT2D eigenvalue weighted by Gasteiger charge is -2.27. The van der Waals surface area contributed by atoms with Crippen LogP contribution in [0.2, 0.25) is 0 Å². The van der Waals surface area contributed by atoms with E-state index in [2.05, 4.69) is 55.2 Å². The highest BCUT2D eigenvalue weighted by Crippen LogP contribution is 2.22. The molecule has 0 bridgehead atoms. The van der Waals surface area contributed by atoms with Gasteiger partial charge in [0.25, 0.3) is 0 Å². The average molecular weight is 235 g/mol. The lowest BCUT2D eigenvalue weighted by molar-refractivity contribution is 0.452. The second-order valence-corrected chi connectivity index (χ2v) is 5.81. The highest BCUT2D eigenvalue weighted by Gasteiger charge is 2.17. The summed E-state index contributed by atoms with van der Waals surface area (Å²) in [6.45, 7) is 4.48. The predicted octanol–water partition coefficient (Wildman–Crippen LogP) is 3.54. The van der Waals surface area contributed by atoms with Crippen LogP contribution < -0.4 is 5.32 Å². The monoisotopic (exact) mass is 235 g/mol. The average Bonchev–Trinajstić information content (AvgIpc) is 2.31. The third kappa shape index (κ3) is 3.02. The first-order valence-electron chi connectivity index (χ1n) is 6.16. The fourth-order valence-electron chi connectivity index (χ4n) is 2.39. The maximum absolute atomic E-state index is 3.76. The molecule has 16 heavy (non-hydrogen) atoms. The van der Waals surface area contributed by atoms with Gasteiger partial charge in [-0.2, -0.15) is 11.8 Å². The zero-order chi connectivity index (χ0) is 11.4. The van der Waals surface area contributed by atoms with E-state index < -0.39 is 0 Å². The minimum Gasteiger partial charge on any atom is -0.307 e. The summed E-state index contributed by atoms with van der Waals surface area (Å²) in [7, 11) is 0. The number of benzene rings is 1. The van der Waals surface area contributed by atoms with Crippen LogP contribution in [0.5, 0.6) is 0 Å². The molecule has 1 aliphatic heterocycles. The van der Waals surface area contributed by atoms with E-state index in [1.54, 1.807) is 0 Å². The molecule has 0 radical (unpaired) electrons. The van der Waals surface area contributed by atoms with E-state index in [4.69, 9.17) is 0 Å². The molecule has 1 aromatic carbocycles. The molecule has 0 saturated carbocycles. The minimum atomic E-state index is 0.477. The fraction of sp³-hybridized carbons (Fsp3) is 0.571. The van der Waals surface area contributed by atoms with Gasteiger partial charge in [0.1, 0.15) is 0 Å². The largest absolute Gasteiger partial charge is 0.307 e. The number of rotatable bonds is 3. The van der Waals surface area contributed by atoms with Gasteiger partial charge in [-0.3, -0.25) is 0 Å². The highest BCUT2D eigenvalue weighted by atomic mass is 32.2. The van der Waals surface area contributed by atoms with Crippen molar-refractivity contribution in [3.63, 3.8) is 0 Å². The number of thioether (sulfide) groups is 1. The predicted molar refractivity (Wildman–Crippen MR) is 73.1 cm³/mol. The van der Waals surface area contributed by atoms with Crippen molar-refractivity contribution in [3.05, 3.63) is 35.4 Å². The SMILES string of the molecule is Cc1ccccc1[C@H](C)NC1CCCSC1. The third-order valence-electron chi connectivity index (χ3n) is 3.30. The smallest absolute Gasteiger partial charge is 0.0297 e. The Bertz CT molecular complexity index is 331. The lowest BCUT2D eigenvalue weighted by atomic mass is 10.0. The van der Waals surface area contributed by atoms with E-state index in [0.29, 0.717) is 12.1 Å². The van der Waals surface area contributed by atoms with Crippen molar-refractivity contribution in [2.24, 2.45) is 0 Å². The van der Waals surface area contributed by atoms with Crippen LogP contribution in [0.25, 0.3) is 0 Å². The number of aryl methyl sites for hydroxylation is 1. The molecule has 1 saturated heterocycles. The van der Waals surface area contributed by atoms with Gasteiger partial charge in [0.05, 0.1) is 0 Å². The molecule has 0 spiro atoms. The number of hydrogen-bond acceptors (Lipinski definition) is 2. The molecule has 1 unspecified atom stereocenters. The summed E-state index contributed by atoms with van der Waals surface area (Å²) in [6.07, 6.45) is 2.70. The van der Waals surface area contributed by atoms with E-state index in [0.717, 1.165) is 0 Å². The molecule has 2 heteroatoms. The Morgan fingerprint density at radius 2 is 2.19 bits per heavy atom. The van der Waals surface area contributed by atoms with Gasteiger partial charge in [-0.25, -0.2) is 0 Å². The fourth-order valence-corrected chi connectivity index (χ4v) is 3.47. The van der Waals surface area contributed by atoms with Crippen LogP contribution in [0.1, 0.15) is 36.9 Å². The van der Waals surface area contributed by atoms with Crippen LogP contribution >= 0.6 is 11.8 Å². The van der Waals surface area contributed by atoms with Gasteiger partial charge in [0, 0.05) is 17.8 Å². The zero-order valence-corrected chi connectivity index (χ0v) is 11.0. The molecule has 2 rings (SSSR count). The van der Waals surface area contributed by atoms with E-state index in [1.807, 2.05) is 0 Å². The van der Waals surface area contributed by atoms with Crippen molar-refractivity contribution in [1.29, 1.82) is 0 Å². The second-order valence-electron chi connectivity index (χ2n) is 4.66. The first-order valence-corrected chi connectivity index (χ1v) is 7.32. The molecule has 1 heterocycles. The Balaban J connectivity index is 1.96. The van der Waals surface area contributed by atoms with Crippen LogP contribution in [-0.4, -0.2) is 17.5 Å². The number of nitrogens with one attached hydrogen (secondary N) is 1. The van der Waals surface area contributed by atoms with Crippen molar-refractivity contribution in [3.8, 4) is 0 Å². The van der Waals surface area contributed by atoms with Gasteiger partial charge >= 0.3 is 0 Å². The summed E-state index contributed by atoms with van der Waals surface area (Å²) in [5.41, 5.74) is 2.84. The molecule has 1 N–H and O–H groups in total. The summed E-state index contributed by atoms with van der Waals surface area (Å²) in [5.74, 6) is 2.62. The van der Waals surface area contributed by atoms with Gasteiger partial charge < -0.3 is 5.32 Å². The molecular weight excluding hydrogens is 214 g/mol. The quantitative estimate of drug-likeness (QED) is 0.860. The molecule has 1 aromatic rings. The van der Waals surface area contributed by atoms with Crippen LogP contribution in [0.15, 0.2) is 24.3 Å². The summed E-state index contributed by atoms with van der Waals surface area (Å²) < 4.78 is 0. The van der Waals surface area contributed by atoms with Crippen LogP contribution in [-0.2, 0) is 0 Å². The van der Waals surface area contributed by atoms with Gasteiger partial charge in [-0.15, -0.1) is 0 Å². The molecular formula is C14H21NS. The minimum absolute atomic E-state index is 0.477. The molecule has 1 fully saturated rings. The van der Waals surface area contributed by atoms with E-state index in [-0.39, 0.29) is 0 Å². The maximum Gasteiger partial charge on any atom is 0.0297 e. The molecule has 1 nitrogen and oxygen atoms in total. The maximum atomic E-state index is 3.76. The molecule has 0 amide bonds. The van der Waals surface area contributed by atoms with Crippen molar-refractivity contribution in [2.75, 3.05) is 11.5 Å². The van der Waals surface area contributed by atoms with Crippen molar-refractivity contribution < 1.29 is 0 Å². The molecule has 0 aliphatic carbocycles. The van der Waals surface area contributed by atoms with Crippen LogP contribution in [0.3, 0.4) is 0 Å². The Hall–Kier alpha value is -0.470. The van der Waals surface area contributed by atoms with Crippen LogP contribution in [0, 0.1) is 6.92 Å². The first-order chi connectivity index (χ1) is 7.77. The van der Waals surface area contributed by atoms with Crippen molar-refractivity contribution in [1.82, 2.24) is 5.32 Å². The molecule has 1 aliphatic rings. The van der Waals surface area contributed by atoms with Gasteiger partial charge in [-0.05, 0) is 43.6 Å². The summed E-state index contributed by atoms with van der Waals surface area (Å²) >= 11 is 2.08. The standard InChI is InChI=1S/C14H21NS/c1-11-6-3-4-8-14(11)12(2)15-13-7-5-9-16-10-13/h3-4,6,8,12-13,15H,5,7,9-10H2,1-2H3/t12-,13?/m0/s1. The van der Waals surface area contributed by atoms with E-state index >= 15 is 0 Å². The van der Waals surface area contributed by atoms with Gasteiger partial charge in [-0.1, -0.05) is 24.3 Å². The molecule has 0 aromatic heterocycles. The zero-order valence-electron chi connectivity index (χ0n) is 10.2. The second kappa shape index (κ2) is 5.74. The highest BCUT2D eigenvalue weighted by molar-refractivity contribution is 7.99. The van der Waals surface area contributed by atoms with Gasteiger partial charge in [0.15, 0.2) is 0 Å². The van der Waals surface area contributed by atoms with Crippen LogP contribution in [0.4, 0.5) is 0 Å². The summed E-state index contributed by atoms with van der Waals surface area (Å²) in [5, 5.41) is 3.76. The Labute approximate surface area is 103 Å². The van der Waals surface area contributed by atoms with E-state index in [1.165, 1.54) is 35.5 Å². The summed E-state index contributed by atoms with van der Waals surface area (Å²) in [6, 6.07) is 9.86. The van der Waals surface area contributed by atoms with Gasteiger partial charge in [0.2, 0.25) is 0 Å². The lowest BCUT2D eigenvalue weighted by Crippen LogP contribution is -2.35. The Morgan fingerprint density at radius 1 is 1.38 bits per heavy atom. The molecule has 2 atom stereocenters. The molecule has 88 valence electrons. The van der Waals surface area contributed by atoms with E-state index in [9.17, 15) is 0 Å². The Morgan fingerprint density at radius 3 is 2.88 bits per heavy atom. The topological polar surface area (TPSA) is 12.0 Å². The first kappa shape index (κ1) is 12.0. The number of hydrogen-bond donors (Lipinski definition) is 1. The third-order valence-corrected chi connectivity index (χ3v) is 4.52. The van der Waals surface area contributed by atoms with Crippen molar-refractivity contribution >= 4 is 11.8 Å².